The smallest absolute Gasteiger partial charge is 0.275 e. The molecule has 0 atom stereocenters. The molecule has 1 amide bonds. The van der Waals surface area contributed by atoms with E-state index in [1.54, 1.807) is 36.1 Å². The standard InChI is InChI=1S/C21H20F2N4O2/c1-2-27-20(28)18-6-4-3-5-17(18)19(24-27)21(29)26-9-7-25(8-10-26)16-12-14(22)11-15(23)13-16/h3-6,11-13H,2,7-10H2,1H3. The zero-order chi connectivity index (χ0) is 20.5. The number of fused-ring (bicyclic) bond motifs is 1. The molecule has 1 saturated heterocycles. The molecule has 4 rings (SSSR count). The van der Waals surface area contributed by atoms with Crippen LogP contribution in [0.15, 0.2) is 47.3 Å². The van der Waals surface area contributed by atoms with Crippen molar-refractivity contribution in [2.24, 2.45) is 0 Å². The quantitative estimate of drug-likeness (QED) is 0.681. The fourth-order valence-electron chi connectivity index (χ4n) is 3.65. The SMILES string of the molecule is CCn1nc(C(=O)N2CCN(c3cc(F)cc(F)c3)CC2)c2ccccc2c1=O. The second-order valence-corrected chi connectivity index (χ2v) is 6.92. The van der Waals surface area contributed by atoms with Gasteiger partial charge in [-0.2, -0.15) is 5.10 Å². The van der Waals surface area contributed by atoms with E-state index < -0.39 is 11.6 Å². The summed E-state index contributed by atoms with van der Waals surface area (Å²) < 4.78 is 28.3. The van der Waals surface area contributed by atoms with Crippen molar-refractivity contribution in [3.63, 3.8) is 0 Å². The van der Waals surface area contributed by atoms with Gasteiger partial charge in [0.2, 0.25) is 0 Å². The first-order valence-corrected chi connectivity index (χ1v) is 9.48. The number of nitrogens with zero attached hydrogens (tertiary/aromatic N) is 4. The van der Waals surface area contributed by atoms with Crippen LogP contribution in [-0.4, -0.2) is 46.8 Å². The molecule has 8 heteroatoms. The molecule has 0 unspecified atom stereocenters. The van der Waals surface area contributed by atoms with Gasteiger partial charge in [0.25, 0.3) is 11.5 Å². The Morgan fingerprint density at radius 3 is 2.24 bits per heavy atom. The molecule has 0 radical (unpaired) electrons. The number of anilines is 1. The Kier molecular flexibility index (Phi) is 5.00. The number of amides is 1. The lowest BCUT2D eigenvalue weighted by Gasteiger charge is -2.36. The van der Waals surface area contributed by atoms with Crippen LogP contribution in [0.2, 0.25) is 0 Å². The van der Waals surface area contributed by atoms with Crippen molar-refractivity contribution >= 4 is 22.4 Å². The maximum absolute atomic E-state index is 13.5. The van der Waals surface area contributed by atoms with Crippen LogP contribution in [0.4, 0.5) is 14.5 Å². The van der Waals surface area contributed by atoms with E-state index in [1.165, 1.54) is 16.8 Å². The van der Waals surface area contributed by atoms with E-state index in [4.69, 9.17) is 0 Å². The highest BCUT2D eigenvalue weighted by Crippen LogP contribution is 2.21. The van der Waals surface area contributed by atoms with Gasteiger partial charge in [-0.15, -0.1) is 0 Å². The predicted molar refractivity (Wildman–Crippen MR) is 106 cm³/mol. The molecule has 0 saturated carbocycles. The molecule has 150 valence electrons. The summed E-state index contributed by atoms with van der Waals surface area (Å²) in [5.74, 6) is -1.51. The summed E-state index contributed by atoms with van der Waals surface area (Å²) in [4.78, 5) is 29.1. The highest BCUT2D eigenvalue weighted by Gasteiger charge is 2.26. The van der Waals surface area contributed by atoms with Gasteiger partial charge in [0.15, 0.2) is 5.69 Å². The third-order valence-corrected chi connectivity index (χ3v) is 5.15. The van der Waals surface area contributed by atoms with E-state index >= 15 is 0 Å². The molecule has 3 aromatic rings. The van der Waals surface area contributed by atoms with Gasteiger partial charge in [0.1, 0.15) is 11.6 Å². The zero-order valence-corrected chi connectivity index (χ0v) is 15.9. The lowest BCUT2D eigenvalue weighted by Crippen LogP contribution is -2.49. The average Bonchev–Trinajstić information content (AvgIpc) is 2.73. The first-order chi connectivity index (χ1) is 14.0. The molecule has 1 aliphatic rings. The summed E-state index contributed by atoms with van der Waals surface area (Å²) in [6, 6.07) is 10.4. The lowest BCUT2D eigenvalue weighted by atomic mass is 10.1. The van der Waals surface area contributed by atoms with Gasteiger partial charge in [-0.05, 0) is 25.1 Å². The van der Waals surface area contributed by atoms with Gasteiger partial charge in [-0.3, -0.25) is 9.59 Å². The molecule has 0 bridgehead atoms. The normalized spacial score (nSPS) is 14.4. The minimum absolute atomic E-state index is 0.224. The molecule has 1 aromatic heterocycles. The molecule has 6 nitrogen and oxygen atoms in total. The first kappa shape index (κ1) is 19.0. The molecule has 1 aliphatic heterocycles. The zero-order valence-electron chi connectivity index (χ0n) is 15.9. The number of carbonyl (C=O) groups is 1. The van der Waals surface area contributed by atoms with Crippen molar-refractivity contribution in [1.29, 1.82) is 0 Å². The predicted octanol–water partition coefficient (Wildman–Crippen LogP) is 2.66. The highest BCUT2D eigenvalue weighted by atomic mass is 19.1. The van der Waals surface area contributed by atoms with Crippen LogP contribution in [0.25, 0.3) is 10.8 Å². The number of aryl methyl sites for hydroxylation is 1. The van der Waals surface area contributed by atoms with E-state index in [1.807, 2.05) is 4.90 Å². The highest BCUT2D eigenvalue weighted by molar-refractivity contribution is 6.04. The van der Waals surface area contributed by atoms with Crippen LogP contribution < -0.4 is 10.5 Å². The number of hydrogen-bond acceptors (Lipinski definition) is 4. The van der Waals surface area contributed by atoms with Crippen molar-refractivity contribution in [2.75, 3.05) is 31.1 Å². The third kappa shape index (κ3) is 3.57. The minimum atomic E-state index is -0.629. The van der Waals surface area contributed by atoms with Crippen molar-refractivity contribution in [3.8, 4) is 0 Å². The van der Waals surface area contributed by atoms with E-state index in [0.29, 0.717) is 49.2 Å². The Morgan fingerprint density at radius 1 is 1.00 bits per heavy atom. The third-order valence-electron chi connectivity index (χ3n) is 5.15. The van der Waals surface area contributed by atoms with Crippen LogP contribution in [0, 0.1) is 11.6 Å². The van der Waals surface area contributed by atoms with E-state index in [-0.39, 0.29) is 17.2 Å². The Balaban J connectivity index is 1.59. The van der Waals surface area contributed by atoms with E-state index in [9.17, 15) is 18.4 Å². The van der Waals surface area contributed by atoms with Gasteiger partial charge < -0.3 is 9.80 Å². The van der Waals surface area contributed by atoms with Crippen molar-refractivity contribution < 1.29 is 13.6 Å². The van der Waals surface area contributed by atoms with Crippen LogP contribution in [0.1, 0.15) is 17.4 Å². The number of halogens is 2. The summed E-state index contributed by atoms with van der Waals surface area (Å²) in [5.41, 5.74) is 0.475. The van der Waals surface area contributed by atoms with Crippen LogP contribution in [-0.2, 0) is 6.54 Å². The van der Waals surface area contributed by atoms with Gasteiger partial charge in [0, 0.05) is 49.9 Å². The molecule has 2 aromatic carbocycles. The fourth-order valence-corrected chi connectivity index (χ4v) is 3.65. The molecular formula is C21H20F2N4O2. The lowest BCUT2D eigenvalue weighted by molar-refractivity contribution is 0.0740. The van der Waals surface area contributed by atoms with Crippen molar-refractivity contribution in [1.82, 2.24) is 14.7 Å². The van der Waals surface area contributed by atoms with Crippen molar-refractivity contribution in [2.45, 2.75) is 13.5 Å². The summed E-state index contributed by atoms with van der Waals surface area (Å²) in [6.07, 6.45) is 0. The summed E-state index contributed by atoms with van der Waals surface area (Å²) >= 11 is 0. The summed E-state index contributed by atoms with van der Waals surface area (Å²) in [6.45, 7) is 3.83. The molecular weight excluding hydrogens is 378 g/mol. The van der Waals surface area contributed by atoms with E-state index in [2.05, 4.69) is 5.10 Å². The summed E-state index contributed by atoms with van der Waals surface area (Å²) in [5, 5.41) is 5.28. The number of rotatable bonds is 3. The monoisotopic (exact) mass is 398 g/mol. The maximum Gasteiger partial charge on any atom is 0.275 e. The van der Waals surface area contributed by atoms with Gasteiger partial charge in [-0.25, -0.2) is 13.5 Å². The average molecular weight is 398 g/mol. The Hall–Kier alpha value is -3.29. The fraction of sp³-hybridized carbons (Fsp3) is 0.286. The molecule has 2 heterocycles. The topological polar surface area (TPSA) is 58.4 Å². The number of aromatic nitrogens is 2. The minimum Gasteiger partial charge on any atom is -0.368 e. The molecule has 0 spiro atoms. The Labute approximate surface area is 166 Å². The second kappa shape index (κ2) is 7.62. The van der Waals surface area contributed by atoms with Gasteiger partial charge >= 0.3 is 0 Å². The number of hydrogen-bond donors (Lipinski definition) is 0. The van der Waals surface area contributed by atoms with E-state index in [0.717, 1.165) is 6.07 Å². The largest absolute Gasteiger partial charge is 0.368 e. The number of carbonyl (C=O) groups excluding carboxylic acids is 1. The second-order valence-electron chi connectivity index (χ2n) is 6.92. The summed E-state index contributed by atoms with van der Waals surface area (Å²) in [7, 11) is 0. The number of piperazine rings is 1. The van der Waals surface area contributed by atoms with Crippen LogP contribution in [0.3, 0.4) is 0 Å². The van der Waals surface area contributed by atoms with Crippen LogP contribution in [0.5, 0.6) is 0 Å². The molecule has 29 heavy (non-hydrogen) atoms. The van der Waals surface area contributed by atoms with Crippen LogP contribution >= 0.6 is 0 Å². The van der Waals surface area contributed by atoms with Gasteiger partial charge in [-0.1, -0.05) is 18.2 Å². The Morgan fingerprint density at radius 2 is 1.62 bits per heavy atom. The maximum atomic E-state index is 13.5. The molecule has 0 aliphatic carbocycles. The Bertz CT molecular complexity index is 1120. The van der Waals surface area contributed by atoms with Gasteiger partial charge in [0.05, 0.1) is 5.39 Å². The molecule has 0 N–H and O–H groups in total. The molecule has 1 fully saturated rings. The number of benzene rings is 2. The van der Waals surface area contributed by atoms with Crippen molar-refractivity contribution in [3.05, 3.63) is 70.1 Å². The first-order valence-electron chi connectivity index (χ1n) is 9.48.